The number of nitrogens with one attached hydrogen (secondary N) is 2. The molecule has 0 fully saturated rings. The SMILES string of the molecule is CCc1ccc(Nc2ncnc(NCCc3ccccc3)c2[N+](=O)[O-])cc1. The minimum Gasteiger partial charge on any atom is -0.364 e. The first kappa shape index (κ1) is 18.3. The lowest BCUT2D eigenvalue weighted by Gasteiger charge is -2.10. The lowest BCUT2D eigenvalue weighted by molar-refractivity contribution is -0.383. The second-order valence-electron chi connectivity index (χ2n) is 6.01. The van der Waals surface area contributed by atoms with E-state index in [9.17, 15) is 10.1 Å². The number of benzene rings is 2. The molecule has 0 aliphatic heterocycles. The summed E-state index contributed by atoms with van der Waals surface area (Å²) in [6.07, 6.45) is 2.99. The highest BCUT2D eigenvalue weighted by molar-refractivity contribution is 5.73. The van der Waals surface area contributed by atoms with E-state index in [-0.39, 0.29) is 17.3 Å². The van der Waals surface area contributed by atoms with Gasteiger partial charge in [0.25, 0.3) is 0 Å². The smallest absolute Gasteiger partial charge is 0.353 e. The predicted molar refractivity (Wildman–Crippen MR) is 106 cm³/mol. The fraction of sp³-hybridized carbons (Fsp3) is 0.200. The van der Waals surface area contributed by atoms with Crippen LogP contribution in [0.15, 0.2) is 60.9 Å². The summed E-state index contributed by atoms with van der Waals surface area (Å²) in [5.74, 6) is 0.375. The Morgan fingerprint density at radius 3 is 2.33 bits per heavy atom. The first-order valence-electron chi connectivity index (χ1n) is 8.80. The Kier molecular flexibility index (Phi) is 5.94. The zero-order valence-electron chi connectivity index (χ0n) is 15.1. The number of rotatable bonds is 8. The van der Waals surface area contributed by atoms with Crippen molar-refractivity contribution in [1.82, 2.24) is 9.97 Å². The van der Waals surface area contributed by atoms with E-state index in [4.69, 9.17) is 0 Å². The molecule has 0 amide bonds. The Hall–Kier alpha value is -3.48. The molecule has 0 spiro atoms. The van der Waals surface area contributed by atoms with E-state index in [1.54, 1.807) is 0 Å². The Morgan fingerprint density at radius 1 is 0.963 bits per heavy atom. The zero-order valence-corrected chi connectivity index (χ0v) is 15.1. The monoisotopic (exact) mass is 363 g/mol. The summed E-state index contributed by atoms with van der Waals surface area (Å²) < 4.78 is 0. The Balaban J connectivity index is 1.76. The van der Waals surface area contributed by atoms with Crippen LogP contribution in [0.1, 0.15) is 18.1 Å². The number of hydrogen-bond acceptors (Lipinski definition) is 6. The highest BCUT2D eigenvalue weighted by atomic mass is 16.6. The molecule has 3 aromatic rings. The molecule has 0 saturated heterocycles. The third-order valence-corrected chi connectivity index (χ3v) is 4.18. The number of aryl methyl sites for hydroxylation is 1. The van der Waals surface area contributed by atoms with Gasteiger partial charge in [-0.25, -0.2) is 9.97 Å². The van der Waals surface area contributed by atoms with Crippen molar-refractivity contribution < 1.29 is 4.92 Å². The standard InChI is InChI=1S/C20H21N5O2/c1-2-15-8-10-17(11-9-15)24-20-18(25(26)27)19(22-14-23-20)21-13-12-16-6-4-3-5-7-16/h3-11,14H,2,12-13H2,1H3,(H2,21,22,23,24). The van der Waals surface area contributed by atoms with Crippen LogP contribution in [-0.4, -0.2) is 21.4 Å². The summed E-state index contributed by atoms with van der Waals surface area (Å²) in [6.45, 7) is 2.61. The number of nitro groups is 1. The van der Waals surface area contributed by atoms with Gasteiger partial charge >= 0.3 is 5.69 Å². The van der Waals surface area contributed by atoms with Gasteiger partial charge in [-0.15, -0.1) is 0 Å². The van der Waals surface area contributed by atoms with Gasteiger partial charge in [-0.2, -0.15) is 0 Å². The molecule has 0 radical (unpaired) electrons. The molecule has 0 bridgehead atoms. The Bertz CT molecular complexity index is 898. The van der Waals surface area contributed by atoms with Crippen molar-refractivity contribution in [3.8, 4) is 0 Å². The molecule has 0 atom stereocenters. The highest BCUT2D eigenvalue weighted by Crippen LogP contribution is 2.31. The maximum Gasteiger partial charge on any atom is 0.353 e. The maximum absolute atomic E-state index is 11.6. The van der Waals surface area contributed by atoms with Gasteiger partial charge in [0.1, 0.15) is 6.33 Å². The quantitative estimate of drug-likeness (QED) is 0.457. The van der Waals surface area contributed by atoms with Crippen molar-refractivity contribution in [1.29, 1.82) is 0 Å². The number of hydrogen-bond donors (Lipinski definition) is 2. The van der Waals surface area contributed by atoms with Crippen LogP contribution in [-0.2, 0) is 12.8 Å². The molecular weight excluding hydrogens is 342 g/mol. The zero-order chi connectivity index (χ0) is 19.1. The van der Waals surface area contributed by atoms with Crippen molar-refractivity contribution in [3.05, 3.63) is 82.2 Å². The molecule has 7 heteroatoms. The molecule has 0 aliphatic rings. The topological polar surface area (TPSA) is 93.0 Å². The molecule has 2 aromatic carbocycles. The van der Waals surface area contributed by atoms with E-state index in [0.29, 0.717) is 6.54 Å². The van der Waals surface area contributed by atoms with Gasteiger partial charge in [0, 0.05) is 12.2 Å². The summed E-state index contributed by atoms with van der Waals surface area (Å²) >= 11 is 0. The lowest BCUT2D eigenvalue weighted by atomic mass is 10.1. The van der Waals surface area contributed by atoms with Crippen molar-refractivity contribution >= 4 is 23.0 Å². The molecule has 1 heterocycles. The van der Waals surface area contributed by atoms with Crippen LogP contribution in [0.3, 0.4) is 0 Å². The molecule has 27 heavy (non-hydrogen) atoms. The van der Waals surface area contributed by atoms with Crippen molar-refractivity contribution in [3.63, 3.8) is 0 Å². The van der Waals surface area contributed by atoms with E-state index >= 15 is 0 Å². The van der Waals surface area contributed by atoms with E-state index in [1.807, 2.05) is 54.6 Å². The van der Waals surface area contributed by atoms with Gasteiger partial charge < -0.3 is 10.6 Å². The van der Waals surface area contributed by atoms with Crippen LogP contribution < -0.4 is 10.6 Å². The highest BCUT2D eigenvalue weighted by Gasteiger charge is 2.22. The second-order valence-corrected chi connectivity index (χ2v) is 6.01. The molecular formula is C20H21N5O2. The van der Waals surface area contributed by atoms with Gasteiger partial charge in [-0.05, 0) is 36.1 Å². The van der Waals surface area contributed by atoms with Crippen molar-refractivity contribution in [2.24, 2.45) is 0 Å². The van der Waals surface area contributed by atoms with Crippen LogP contribution in [0.4, 0.5) is 23.0 Å². The van der Waals surface area contributed by atoms with Gasteiger partial charge in [0.2, 0.25) is 11.6 Å². The van der Waals surface area contributed by atoms with Gasteiger partial charge in [0.15, 0.2) is 0 Å². The molecule has 0 aliphatic carbocycles. The summed E-state index contributed by atoms with van der Waals surface area (Å²) in [4.78, 5) is 19.3. The van der Waals surface area contributed by atoms with E-state index in [1.165, 1.54) is 11.9 Å². The molecule has 138 valence electrons. The van der Waals surface area contributed by atoms with Crippen LogP contribution in [0, 0.1) is 10.1 Å². The molecule has 0 saturated carbocycles. The van der Waals surface area contributed by atoms with Gasteiger partial charge in [0.05, 0.1) is 4.92 Å². The largest absolute Gasteiger partial charge is 0.364 e. The fourth-order valence-corrected chi connectivity index (χ4v) is 2.70. The van der Waals surface area contributed by atoms with Crippen LogP contribution in [0.2, 0.25) is 0 Å². The Labute approximate surface area is 157 Å². The third kappa shape index (κ3) is 4.78. The van der Waals surface area contributed by atoms with Crippen molar-refractivity contribution in [2.75, 3.05) is 17.2 Å². The summed E-state index contributed by atoms with van der Waals surface area (Å²) in [7, 11) is 0. The first-order chi connectivity index (χ1) is 13.2. The summed E-state index contributed by atoms with van der Waals surface area (Å²) in [5, 5.41) is 17.7. The average Bonchev–Trinajstić information content (AvgIpc) is 2.69. The Morgan fingerprint density at radius 2 is 1.67 bits per heavy atom. The normalized spacial score (nSPS) is 10.4. The average molecular weight is 363 g/mol. The van der Waals surface area contributed by atoms with Gasteiger partial charge in [-0.1, -0.05) is 49.4 Å². The lowest BCUT2D eigenvalue weighted by Crippen LogP contribution is -2.10. The predicted octanol–water partition coefficient (Wildman–Crippen LogP) is 4.35. The molecule has 1 aromatic heterocycles. The van der Waals surface area contributed by atoms with Crippen LogP contribution in [0.5, 0.6) is 0 Å². The fourth-order valence-electron chi connectivity index (χ4n) is 2.70. The van der Waals surface area contributed by atoms with E-state index in [2.05, 4.69) is 27.5 Å². The van der Waals surface area contributed by atoms with Crippen molar-refractivity contribution in [2.45, 2.75) is 19.8 Å². The first-order valence-corrected chi connectivity index (χ1v) is 8.80. The molecule has 2 N–H and O–H groups in total. The minimum atomic E-state index is -0.465. The minimum absolute atomic E-state index is 0.162. The molecule has 3 rings (SSSR count). The second kappa shape index (κ2) is 8.75. The number of aromatic nitrogens is 2. The summed E-state index contributed by atoms with van der Waals surface area (Å²) in [6, 6.07) is 17.6. The summed E-state index contributed by atoms with van der Waals surface area (Å²) in [5.41, 5.74) is 2.92. The van der Waals surface area contributed by atoms with E-state index < -0.39 is 4.92 Å². The van der Waals surface area contributed by atoms with Gasteiger partial charge in [-0.3, -0.25) is 10.1 Å². The molecule has 0 unspecified atom stereocenters. The third-order valence-electron chi connectivity index (χ3n) is 4.18. The number of anilines is 3. The van der Waals surface area contributed by atoms with Crippen LogP contribution >= 0.6 is 0 Å². The molecule has 7 nitrogen and oxygen atoms in total. The van der Waals surface area contributed by atoms with Crippen LogP contribution in [0.25, 0.3) is 0 Å². The number of nitrogens with zero attached hydrogens (tertiary/aromatic N) is 3. The van der Waals surface area contributed by atoms with E-state index in [0.717, 1.165) is 24.1 Å². The maximum atomic E-state index is 11.6.